The van der Waals surface area contributed by atoms with Gasteiger partial charge in [0.15, 0.2) is 0 Å². The molecular weight excluding hydrogens is 234 g/mol. The second-order valence-corrected chi connectivity index (χ2v) is 5.57. The quantitative estimate of drug-likeness (QED) is 0.840. The van der Waals surface area contributed by atoms with E-state index in [4.69, 9.17) is 16.3 Å². The molecule has 3 heteroatoms. The molecule has 96 valence electrons. The van der Waals surface area contributed by atoms with E-state index < -0.39 is 0 Å². The smallest absolute Gasteiger partial charge is 0.137 e. The Kier molecular flexibility index (Phi) is 5.29. The minimum atomic E-state index is 0.307. The lowest BCUT2D eigenvalue weighted by Gasteiger charge is -2.24. The standard InChI is InChI=1S/C14H22ClNO/c1-14(2,10-16-3)8-7-11-5-6-13(17-4)12(15)9-11/h5-6,9,16H,7-8,10H2,1-4H3. The molecule has 1 aromatic rings. The predicted octanol–water partition coefficient (Wildman–Crippen LogP) is 3.53. The minimum absolute atomic E-state index is 0.307. The summed E-state index contributed by atoms with van der Waals surface area (Å²) in [6, 6.07) is 6.01. The van der Waals surface area contributed by atoms with Gasteiger partial charge in [0.05, 0.1) is 12.1 Å². The van der Waals surface area contributed by atoms with Gasteiger partial charge < -0.3 is 10.1 Å². The lowest BCUT2D eigenvalue weighted by atomic mass is 9.86. The van der Waals surface area contributed by atoms with E-state index in [1.807, 2.05) is 19.2 Å². The number of hydrogen-bond donors (Lipinski definition) is 1. The third kappa shape index (κ3) is 4.57. The Labute approximate surface area is 109 Å². The van der Waals surface area contributed by atoms with Crippen molar-refractivity contribution in [1.82, 2.24) is 5.32 Å². The molecule has 0 aromatic heterocycles. The maximum atomic E-state index is 6.10. The Hall–Kier alpha value is -0.730. The van der Waals surface area contributed by atoms with Gasteiger partial charge in [-0.15, -0.1) is 0 Å². The second kappa shape index (κ2) is 6.27. The SMILES string of the molecule is CNCC(C)(C)CCc1ccc(OC)c(Cl)c1. The Morgan fingerprint density at radius 1 is 1.35 bits per heavy atom. The number of rotatable bonds is 6. The van der Waals surface area contributed by atoms with Crippen LogP contribution in [-0.2, 0) is 6.42 Å². The van der Waals surface area contributed by atoms with Gasteiger partial charge in [0.2, 0.25) is 0 Å². The van der Waals surface area contributed by atoms with Crippen molar-refractivity contribution in [2.45, 2.75) is 26.7 Å². The zero-order valence-corrected chi connectivity index (χ0v) is 11.9. The molecule has 0 heterocycles. The van der Waals surface area contributed by atoms with Crippen LogP contribution in [0.3, 0.4) is 0 Å². The van der Waals surface area contributed by atoms with Crippen LogP contribution in [0.4, 0.5) is 0 Å². The van der Waals surface area contributed by atoms with E-state index in [0.29, 0.717) is 10.4 Å². The summed E-state index contributed by atoms with van der Waals surface area (Å²) in [5.41, 5.74) is 1.57. The van der Waals surface area contributed by atoms with Crippen molar-refractivity contribution < 1.29 is 4.74 Å². The van der Waals surface area contributed by atoms with Gasteiger partial charge in [0.1, 0.15) is 5.75 Å². The molecule has 0 amide bonds. The first-order valence-electron chi connectivity index (χ1n) is 5.95. The normalized spacial score (nSPS) is 11.6. The van der Waals surface area contributed by atoms with Gasteiger partial charge in [0, 0.05) is 0 Å². The number of halogens is 1. The first-order valence-corrected chi connectivity index (χ1v) is 6.33. The molecular formula is C14H22ClNO. The van der Waals surface area contributed by atoms with Crippen LogP contribution < -0.4 is 10.1 Å². The van der Waals surface area contributed by atoms with Crippen molar-refractivity contribution in [3.63, 3.8) is 0 Å². The fraction of sp³-hybridized carbons (Fsp3) is 0.571. The molecule has 0 fully saturated rings. The number of aryl methyl sites for hydroxylation is 1. The molecule has 1 N–H and O–H groups in total. The molecule has 17 heavy (non-hydrogen) atoms. The maximum absolute atomic E-state index is 6.10. The summed E-state index contributed by atoms with van der Waals surface area (Å²) in [4.78, 5) is 0. The fourth-order valence-electron chi connectivity index (χ4n) is 1.92. The number of nitrogens with one attached hydrogen (secondary N) is 1. The van der Waals surface area contributed by atoms with Gasteiger partial charge in [-0.1, -0.05) is 31.5 Å². The first kappa shape index (κ1) is 14.3. The number of benzene rings is 1. The summed E-state index contributed by atoms with van der Waals surface area (Å²) >= 11 is 6.10. The van der Waals surface area contributed by atoms with E-state index >= 15 is 0 Å². The fourth-order valence-corrected chi connectivity index (χ4v) is 2.20. The van der Waals surface area contributed by atoms with E-state index in [0.717, 1.165) is 25.1 Å². The molecule has 0 unspecified atom stereocenters. The van der Waals surface area contributed by atoms with Crippen LogP contribution in [0.25, 0.3) is 0 Å². The van der Waals surface area contributed by atoms with Gasteiger partial charge in [-0.25, -0.2) is 0 Å². The molecule has 0 aliphatic rings. The monoisotopic (exact) mass is 255 g/mol. The average molecular weight is 256 g/mol. The van der Waals surface area contributed by atoms with Crippen LogP contribution in [0.1, 0.15) is 25.8 Å². The third-order valence-corrected chi connectivity index (χ3v) is 3.26. The molecule has 0 aliphatic heterocycles. The summed E-state index contributed by atoms with van der Waals surface area (Å²) in [5.74, 6) is 0.741. The van der Waals surface area contributed by atoms with E-state index in [2.05, 4.69) is 25.2 Å². The minimum Gasteiger partial charge on any atom is -0.495 e. The van der Waals surface area contributed by atoms with Gasteiger partial charge in [-0.3, -0.25) is 0 Å². The van der Waals surface area contributed by atoms with Crippen molar-refractivity contribution in [2.24, 2.45) is 5.41 Å². The summed E-state index contributed by atoms with van der Waals surface area (Å²) in [6.07, 6.45) is 2.18. The zero-order chi connectivity index (χ0) is 12.9. The third-order valence-electron chi connectivity index (χ3n) is 2.96. The largest absolute Gasteiger partial charge is 0.495 e. The highest BCUT2D eigenvalue weighted by molar-refractivity contribution is 6.32. The second-order valence-electron chi connectivity index (χ2n) is 5.16. The highest BCUT2D eigenvalue weighted by Crippen LogP contribution is 2.27. The van der Waals surface area contributed by atoms with Crippen LogP contribution >= 0.6 is 11.6 Å². The topological polar surface area (TPSA) is 21.3 Å². The van der Waals surface area contributed by atoms with Gasteiger partial charge in [-0.2, -0.15) is 0 Å². The van der Waals surface area contributed by atoms with Crippen LogP contribution in [0.2, 0.25) is 5.02 Å². The Balaban J connectivity index is 2.61. The van der Waals surface area contributed by atoms with E-state index in [1.54, 1.807) is 7.11 Å². The predicted molar refractivity (Wildman–Crippen MR) is 74.0 cm³/mol. The van der Waals surface area contributed by atoms with Crippen LogP contribution in [0, 0.1) is 5.41 Å². The molecule has 0 saturated carbocycles. The molecule has 1 rings (SSSR count). The maximum Gasteiger partial charge on any atom is 0.137 e. The van der Waals surface area contributed by atoms with Crippen LogP contribution in [0.5, 0.6) is 5.75 Å². The van der Waals surface area contributed by atoms with Crippen molar-refractivity contribution in [2.75, 3.05) is 20.7 Å². The van der Waals surface area contributed by atoms with Crippen LogP contribution in [0.15, 0.2) is 18.2 Å². The Morgan fingerprint density at radius 3 is 2.59 bits per heavy atom. The molecule has 0 saturated heterocycles. The van der Waals surface area contributed by atoms with Crippen molar-refractivity contribution in [3.8, 4) is 5.75 Å². The van der Waals surface area contributed by atoms with Crippen LogP contribution in [-0.4, -0.2) is 20.7 Å². The molecule has 1 aromatic carbocycles. The molecule has 0 bridgehead atoms. The van der Waals surface area contributed by atoms with E-state index in [-0.39, 0.29) is 0 Å². The highest BCUT2D eigenvalue weighted by atomic mass is 35.5. The van der Waals surface area contributed by atoms with Crippen molar-refractivity contribution >= 4 is 11.6 Å². The summed E-state index contributed by atoms with van der Waals surface area (Å²) < 4.78 is 5.14. The van der Waals surface area contributed by atoms with Gasteiger partial charge in [-0.05, 0) is 49.5 Å². The molecule has 0 spiro atoms. The molecule has 0 atom stereocenters. The molecule has 0 radical (unpaired) electrons. The zero-order valence-electron chi connectivity index (χ0n) is 11.1. The lowest BCUT2D eigenvalue weighted by Crippen LogP contribution is -2.27. The van der Waals surface area contributed by atoms with E-state index in [1.165, 1.54) is 5.56 Å². The Bertz CT molecular complexity index is 363. The summed E-state index contributed by atoms with van der Waals surface area (Å²) in [7, 11) is 3.63. The summed E-state index contributed by atoms with van der Waals surface area (Å²) in [6.45, 7) is 5.57. The van der Waals surface area contributed by atoms with E-state index in [9.17, 15) is 0 Å². The lowest BCUT2D eigenvalue weighted by molar-refractivity contribution is 0.324. The van der Waals surface area contributed by atoms with Crippen molar-refractivity contribution in [3.05, 3.63) is 28.8 Å². The molecule has 0 aliphatic carbocycles. The Morgan fingerprint density at radius 2 is 2.06 bits per heavy atom. The number of hydrogen-bond acceptors (Lipinski definition) is 2. The molecule has 2 nitrogen and oxygen atoms in total. The number of ether oxygens (including phenoxy) is 1. The van der Waals surface area contributed by atoms with Crippen molar-refractivity contribution in [1.29, 1.82) is 0 Å². The number of methoxy groups -OCH3 is 1. The van der Waals surface area contributed by atoms with Gasteiger partial charge in [0.25, 0.3) is 0 Å². The highest BCUT2D eigenvalue weighted by Gasteiger charge is 2.16. The summed E-state index contributed by atoms with van der Waals surface area (Å²) in [5, 5.41) is 3.92. The van der Waals surface area contributed by atoms with Gasteiger partial charge >= 0.3 is 0 Å². The average Bonchev–Trinajstić information content (AvgIpc) is 2.27. The first-order chi connectivity index (χ1) is 7.98.